The van der Waals surface area contributed by atoms with Gasteiger partial charge in [-0.05, 0) is 30.9 Å². The molecule has 0 radical (unpaired) electrons. The van der Waals surface area contributed by atoms with Crippen LogP contribution in [0.15, 0.2) is 29.2 Å². The minimum atomic E-state index is -0.148. The molecule has 17 heavy (non-hydrogen) atoms. The van der Waals surface area contributed by atoms with E-state index in [2.05, 4.69) is 42.8 Å². The molecule has 4 heteroatoms. The zero-order chi connectivity index (χ0) is 12.3. The smallest absolute Gasteiger partial charge is 0.323 e. The highest BCUT2D eigenvalue weighted by Gasteiger charge is 2.27. The number of hydrogen-bond donors (Lipinski definition) is 1. The molecule has 0 aliphatic carbocycles. The molecule has 0 spiro atoms. The van der Waals surface area contributed by atoms with Gasteiger partial charge in [0.05, 0.1) is 6.61 Å². The molecule has 2 atom stereocenters. The third-order valence-electron chi connectivity index (χ3n) is 3.00. The van der Waals surface area contributed by atoms with Gasteiger partial charge in [0.2, 0.25) is 0 Å². The Morgan fingerprint density at radius 1 is 1.41 bits per heavy atom. The largest absolute Gasteiger partial charge is 0.464 e. The number of nitrogens with one attached hydrogen (secondary N) is 1. The van der Waals surface area contributed by atoms with Crippen LogP contribution in [0.4, 0.5) is 0 Å². The van der Waals surface area contributed by atoms with E-state index in [-0.39, 0.29) is 18.1 Å². The molecule has 1 N–H and O–H groups in total. The van der Waals surface area contributed by atoms with Crippen LogP contribution < -0.4 is 5.32 Å². The first-order valence-electron chi connectivity index (χ1n) is 5.77. The van der Waals surface area contributed by atoms with Crippen molar-refractivity contribution in [1.29, 1.82) is 0 Å². The van der Waals surface area contributed by atoms with Crippen molar-refractivity contribution in [1.82, 2.24) is 5.32 Å². The quantitative estimate of drug-likeness (QED) is 0.658. The molecule has 2 rings (SSSR count). The fraction of sp³-hybridized carbons (Fsp3) is 0.462. The maximum atomic E-state index is 11.4. The molecule has 1 saturated heterocycles. The molecule has 1 heterocycles. The van der Waals surface area contributed by atoms with Gasteiger partial charge in [-0.1, -0.05) is 12.1 Å². The predicted octanol–water partition coefficient (Wildman–Crippen LogP) is 2.37. The van der Waals surface area contributed by atoms with Gasteiger partial charge in [0, 0.05) is 17.4 Å². The monoisotopic (exact) mass is 251 g/mol. The summed E-state index contributed by atoms with van der Waals surface area (Å²) in [6.07, 6.45) is 2.83. The molecular weight excluding hydrogens is 234 g/mol. The van der Waals surface area contributed by atoms with Crippen molar-refractivity contribution in [3.63, 3.8) is 0 Å². The number of cyclic esters (lactones) is 1. The topological polar surface area (TPSA) is 38.3 Å². The predicted molar refractivity (Wildman–Crippen MR) is 69.1 cm³/mol. The van der Waals surface area contributed by atoms with Crippen LogP contribution in [-0.4, -0.2) is 24.9 Å². The average Bonchev–Trinajstić information content (AvgIpc) is 2.75. The zero-order valence-corrected chi connectivity index (χ0v) is 10.9. The molecule has 1 fully saturated rings. The minimum absolute atomic E-state index is 0.127. The number of rotatable bonds is 4. The second kappa shape index (κ2) is 5.56. The Balaban J connectivity index is 1.98. The lowest BCUT2D eigenvalue weighted by Crippen LogP contribution is -2.34. The highest BCUT2D eigenvalue weighted by molar-refractivity contribution is 7.98. The summed E-state index contributed by atoms with van der Waals surface area (Å²) < 4.78 is 4.93. The summed E-state index contributed by atoms with van der Waals surface area (Å²) in [5.74, 6) is -0.127. The SMILES string of the molecule is CSc1ccc(C(C)NC2CCOC2=O)cc1. The number of thioether (sulfide) groups is 1. The van der Waals surface area contributed by atoms with E-state index in [4.69, 9.17) is 4.74 Å². The van der Waals surface area contributed by atoms with Gasteiger partial charge in [0.25, 0.3) is 0 Å². The number of esters is 1. The van der Waals surface area contributed by atoms with E-state index in [9.17, 15) is 4.79 Å². The van der Waals surface area contributed by atoms with E-state index in [1.165, 1.54) is 10.5 Å². The lowest BCUT2D eigenvalue weighted by molar-refractivity contribution is -0.139. The molecule has 0 amide bonds. The van der Waals surface area contributed by atoms with Crippen LogP contribution in [0.25, 0.3) is 0 Å². The summed E-state index contributed by atoms with van der Waals surface area (Å²) in [6, 6.07) is 8.43. The van der Waals surface area contributed by atoms with Crippen molar-refractivity contribution >= 4 is 17.7 Å². The lowest BCUT2D eigenvalue weighted by Gasteiger charge is -2.17. The average molecular weight is 251 g/mol. The zero-order valence-electron chi connectivity index (χ0n) is 10.1. The number of hydrogen-bond acceptors (Lipinski definition) is 4. The molecular formula is C13H17NO2S. The van der Waals surface area contributed by atoms with Gasteiger partial charge < -0.3 is 4.74 Å². The first kappa shape index (κ1) is 12.5. The molecule has 92 valence electrons. The van der Waals surface area contributed by atoms with Crippen LogP contribution >= 0.6 is 11.8 Å². The number of carbonyl (C=O) groups is 1. The van der Waals surface area contributed by atoms with Gasteiger partial charge in [-0.15, -0.1) is 11.8 Å². The molecule has 0 saturated carbocycles. The molecule has 1 aromatic rings. The molecule has 3 nitrogen and oxygen atoms in total. The Hall–Kier alpha value is -1.00. The first-order valence-corrected chi connectivity index (χ1v) is 7.00. The lowest BCUT2D eigenvalue weighted by atomic mass is 10.1. The summed E-state index contributed by atoms with van der Waals surface area (Å²) in [6.45, 7) is 2.61. The standard InChI is InChI=1S/C13H17NO2S/c1-9(14-12-7-8-16-13(12)15)10-3-5-11(17-2)6-4-10/h3-6,9,12,14H,7-8H2,1-2H3. The summed E-state index contributed by atoms with van der Waals surface area (Å²) in [4.78, 5) is 12.6. The van der Waals surface area contributed by atoms with Crippen molar-refractivity contribution in [3.8, 4) is 0 Å². The van der Waals surface area contributed by atoms with E-state index in [0.717, 1.165) is 6.42 Å². The van der Waals surface area contributed by atoms with Gasteiger partial charge in [0.15, 0.2) is 0 Å². The van der Waals surface area contributed by atoms with Crippen molar-refractivity contribution in [2.75, 3.05) is 12.9 Å². The Kier molecular flexibility index (Phi) is 4.07. The van der Waals surface area contributed by atoms with Crippen molar-refractivity contribution < 1.29 is 9.53 Å². The van der Waals surface area contributed by atoms with Gasteiger partial charge in [-0.25, -0.2) is 0 Å². The molecule has 1 aliphatic heterocycles. The molecule has 0 aromatic heterocycles. The van der Waals surface area contributed by atoms with Crippen molar-refractivity contribution in [2.24, 2.45) is 0 Å². The summed E-state index contributed by atoms with van der Waals surface area (Å²) in [7, 11) is 0. The highest BCUT2D eigenvalue weighted by Crippen LogP contribution is 2.20. The van der Waals surface area contributed by atoms with Crippen LogP contribution in [0.1, 0.15) is 24.9 Å². The fourth-order valence-corrected chi connectivity index (χ4v) is 2.35. The second-order valence-electron chi connectivity index (χ2n) is 4.17. The Morgan fingerprint density at radius 2 is 2.12 bits per heavy atom. The van der Waals surface area contributed by atoms with Gasteiger partial charge in [-0.2, -0.15) is 0 Å². The van der Waals surface area contributed by atoms with E-state index in [1.807, 2.05) is 0 Å². The number of ether oxygens (including phenoxy) is 1. The third kappa shape index (κ3) is 3.01. The first-order chi connectivity index (χ1) is 8.20. The molecule has 2 unspecified atom stereocenters. The van der Waals surface area contributed by atoms with E-state index in [1.54, 1.807) is 11.8 Å². The van der Waals surface area contributed by atoms with Crippen LogP contribution in [0.5, 0.6) is 0 Å². The number of carbonyl (C=O) groups excluding carboxylic acids is 1. The van der Waals surface area contributed by atoms with E-state index >= 15 is 0 Å². The second-order valence-corrected chi connectivity index (χ2v) is 5.05. The van der Waals surface area contributed by atoms with Gasteiger partial charge >= 0.3 is 5.97 Å². The van der Waals surface area contributed by atoms with Crippen LogP contribution in [0, 0.1) is 0 Å². The van der Waals surface area contributed by atoms with Gasteiger partial charge in [-0.3, -0.25) is 10.1 Å². The fourth-order valence-electron chi connectivity index (χ4n) is 1.94. The van der Waals surface area contributed by atoms with Gasteiger partial charge in [0.1, 0.15) is 6.04 Å². The summed E-state index contributed by atoms with van der Waals surface area (Å²) in [5.41, 5.74) is 1.20. The minimum Gasteiger partial charge on any atom is -0.464 e. The molecule has 1 aliphatic rings. The third-order valence-corrected chi connectivity index (χ3v) is 3.75. The molecule has 0 bridgehead atoms. The van der Waals surface area contributed by atoms with Crippen LogP contribution in [-0.2, 0) is 9.53 Å². The highest BCUT2D eigenvalue weighted by atomic mass is 32.2. The van der Waals surface area contributed by atoms with Crippen molar-refractivity contribution in [3.05, 3.63) is 29.8 Å². The van der Waals surface area contributed by atoms with E-state index < -0.39 is 0 Å². The Labute approximate surface area is 106 Å². The summed E-state index contributed by atoms with van der Waals surface area (Å²) >= 11 is 1.73. The summed E-state index contributed by atoms with van der Waals surface area (Å²) in [5, 5.41) is 3.30. The molecule has 1 aromatic carbocycles. The Bertz CT molecular complexity index is 391. The van der Waals surface area contributed by atoms with Crippen LogP contribution in [0.2, 0.25) is 0 Å². The Morgan fingerprint density at radius 3 is 2.65 bits per heavy atom. The van der Waals surface area contributed by atoms with E-state index in [0.29, 0.717) is 6.61 Å². The van der Waals surface area contributed by atoms with Crippen molar-refractivity contribution in [2.45, 2.75) is 30.3 Å². The maximum absolute atomic E-state index is 11.4. The number of benzene rings is 1. The maximum Gasteiger partial charge on any atom is 0.323 e. The van der Waals surface area contributed by atoms with Crippen LogP contribution in [0.3, 0.4) is 0 Å². The normalized spacial score (nSPS) is 21.3.